The third-order valence-electron chi connectivity index (χ3n) is 2.91. The van der Waals surface area contributed by atoms with Crippen LogP contribution in [0.2, 0.25) is 0 Å². The molecule has 96 valence electrons. The molecule has 1 aliphatic carbocycles. The van der Waals surface area contributed by atoms with Gasteiger partial charge >= 0.3 is 0 Å². The highest BCUT2D eigenvalue weighted by molar-refractivity contribution is 5.80. The van der Waals surface area contributed by atoms with Crippen LogP contribution in [0.15, 0.2) is 23.2 Å². The van der Waals surface area contributed by atoms with Gasteiger partial charge in [-0.25, -0.2) is 0 Å². The molecule has 0 spiro atoms. The Morgan fingerprint density at radius 2 is 1.94 bits per heavy atom. The Morgan fingerprint density at radius 1 is 1.33 bits per heavy atom. The minimum Gasteiger partial charge on any atom is -0.369 e. The van der Waals surface area contributed by atoms with E-state index in [4.69, 9.17) is 5.73 Å². The van der Waals surface area contributed by atoms with Crippen LogP contribution >= 0.6 is 0 Å². The lowest BCUT2D eigenvalue weighted by molar-refractivity contribution is -0.442. The quantitative estimate of drug-likeness (QED) is 0.406. The van der Waals surface area contributed by atoms with Gasteiger partial charge in [-0.3, -0.25) is 25.0 Å². The third kappa shape index (κ3) is 2.01. The fourth-order valence-corrected chi connectivity index (χ4v) is 1.92. The van der Waals surface area contributed by atoms with Crippen molar-refractivity contribution in [3.05, 3.63) is 43.4 Å². The Labute approximate surface area is 101 Å². The molecule has 9 nitrogen and oxygen atoms in total. The van der Waals surface area contributed by atoms with Crippen LogP contribution in [0.4, 0.5) is 0 Å². The molecule has 0 bridgehead atoms. The number of allylic oxidation sites excluding steroid dienone is 2. The van der Waals surface area contributed by atoms with E-state index in [0.29, 0.717) is 18.8 Å². The third-order valence-corrected chi connectivity index (χ3v) is 2.91. The Hall–Kier alpha value is -2.45. The number of hydrogen-bond donors (Lipinski definition) is 1. The number of hydrogen-bond acceptors (Lipinski definition) is 6. The molecular weight excluding hydrogens is 244 g/mol. The molecule has 1 atom stereocenters. The topological polar surface area (TPSA) is 132 Å². The highest BCUT2D eigenvalue weighted by Crippen LogP contribution is 2.34. The van der Waals surface area contributed by atoms with Crippen molar-refractivity contribution in [1.82, 2.24) is 4.90 Å². The first kappa shape index (κ1) is 12.0. The van der Waals surface area contributed by atoms with E-state index in [0.717, 1.165) is 6.08 Å². The van der Waals surface area contributed by atoms with Gasteiger partial charge in [0.1, 0.15) is 5.92 Å². The summed E-state index contributed by atoms with van der Waals surface area (Å²) in [6, 6.07) is 0. The first-order chi connectivity index (χ1) is 8.41. The van der Waals surface area contributed by atoms with Crippen LogP contribution in [0.5, 0.6) is 0 Å². The number of nitro groups is 2. The van der Waals surface area contributed by atoms with Crippen molar-refractivity contribution >= 4 is 5.91 Å². The predicted octanol–water partition coefficient (Wildman–Crippen LogP) is -0.544. The number of primary amides is 1. The van der Waals surface area contributed by atoms with Gasteiger partial charge in [0.05, 0.1) is 21.6 Å². The van der Waals surface area contributed by atoms with Crippen LogP contribution in [0.25, 0.3) is 0 Å². The van der Waals surface area contributed by atoms with Gasteiger partial charge in [-0.15, -0.1) is 0 Å². The summed E-state index contributed by atoms with van der Waals surface area (Å²) in [5.41, 5.74) is 4.61. The monoisotopic (exact) mass is 254 g/mol. The second kappa shape index (κ2) is 4.09. The molecule has 1 amide bonds. The smallest absolute Gasteiger partial charge is 0.294 e. The molecule has 0 aromatic heterocycles. The van der Waals surface area contributed by atoms with Gasteiger partial charge in [-0.05, 0) is 0 Å². The Bertz CT molecular complexity index is 505. The predicted molar refractivity (Wildman–Crippen MR) is 58.0 cm³/mol. The maximum atomic E-state index is 11.2. The normalized spacial score (nSPS) is 22.6. The first-order valence-corrected chi connectivity index (χ1v) is 5.19. The van der Waals surface area contributed by atoms with E-state index in [1.807, 2.05) is 0 Å². The van der Waals surface area contributed by atoms with Gasteiger partial charge in [-0.1, -0.05) is 0 Å². The standard InChI is InChI=1S/C9H10N4O5/c10-9(14)5-3-7(11-1-2-11)8(13(17)18)4-6(5)12(15)16/h4-5H,1-3H2,(H2,10,14). The minimum atomic E-state index is -1.11. The molecule has 9 heteroatoms. The van der Waals surface area contributed by atoms with Crippen LogP contribution in [-0.2, 0) is 4.79 Å². The number of nitrogens with two attached hydrogens (primary N) is 1. The van der Waals surface area contributed by atoms with Crippen molar-refractivity contribution < 1.29 is 14.6 Å². The lowest BCUT2D eigenvalue weighted by Crippen LogP contribution is -2.32. The Morgan fingerprint density at radius 3 is 2.33 bits per heavy atom. The zero-order valence-corrected chi connectivity index (χ0v) is 9.24. The molecule has 2 aliphatic rings. The van der Waals surface area contributed by atoms with Gasteiger partial charge in [0, 0.05) is 19.5 Å². The molecule has 1 unspecified atom stereocenters. The van der Waals surface area contributed by atoms with Gasteiger partial charge in [0.15, 0.2) is 0 Å². The van der Waals surface area contributed by atoms with Gasteiger partial charge < -0.3 is 10.6 Å². The van der Waals surface area contributed by atoms with Crippen LogP contribution in [0.3, 0.4) is 0 Å². The highest BCUT2D eigenvalue weighted by Gasteiger charge is 2.42. The fraction of sp³-hybridized carbons (Fsp3) is 0.444. The summed E-state index contributed by atoms with van der Waals surface area (Å²) >= 11 is 0. The second-order valence-electron chi connectivity index (χ2n) is 4.06. The van der Waals surface area contributed by atoms with E-state index in [1.54, 1.807) is 4.90 Å². The zero-order chi connectivity index (χ0) is 13.4. The summed E-state index contributed by atoms with van der Waals surface area (Å²) in [7, 11) is 0. The molecular formula is C9H10N4O5. The van der Waals surface area contributed by atoms with E-state index in [-0.39, 0.29) is 12.1 Å². The van der Waals surface area contributed by atoms with Crippen molar-refractivity contribution in [2.75, 3.05) is 13.1 Å². The van der Waals surface area contributed by atoms with Crippen molar-refractivity contribution in [1.29, 1.82) is 0 Å². The van der Waals surface area contributed by atoms with E-state index < -0.39 is 27.4 Å². The molecule has 1 aliphatic heterocycles. The summed E-state index contributed by atoms with van der Waals surface area (Å²) in [5.74, 6) is -1.96. The van der Waals surface area contributed by atoms with Crippen LogP contribution < -0.4 is 5.73 Å². The Balaban J connectivity index is 2.47. The Kier molecular flexibility index (Phi) is 2.73. The van der Waals surface area contributed by atoms with Crippen molar-refractivity contribution in [3.8, 4) is 0 Å². The van der Waals surface area contributed by atoms with Crippen LogP contribution in [0.1, 0.15) is 6.42 Å². The highest BCUT2D eigenvalue weighted by atomic mass is 16.6. The lowest BCUT2D eigenvalue weighted by atomic mass is 9.92. The molecule has 18 heavy (non-hydrogen) atoms. The SMILES string of the molecule is NC(=O)C1CC(N2CC2)=C([N+](=O)[O-])C=C1[N+](=O)[O-]. The maximum Gasteiger partial charge on any atom is 0.294 e. The molecule has 0 saturated carbocycles. The van der Waals surface area contributed by atoms with E-state index in [1.165, 1.54) is 0 Å². The van der Waals surface area contributed by atoms with E-state index >= 15 is 0 Å². The minimum absolute atomic E-state index is 0.0849. The average Bonchev–Trinajstić information content (AvgIpc) is 3.10. The summed E-state index contributed by atoms with van der Waals surface area (Å²) in [6.07, 6.45) is 0.755. The summed E-state index contributed by atoms with van der Waals surface area (Å²) in [4.78, 5) is 33.1. The van der Waals surface area contributed by atoms with Gasteiger partial charge in [0.25, 0.3) is 11.4 Å². The molecule has 0 aromatic rings. The van der Waals surface area contributed by atoms with E-state index in [2.05, 4.69) is 0 Å². The number of carbonyl (C=O) groups excluding carboxylic acids is 1. The molecule has 0 radical (unpaired) electrons. The summed E-state index contributed by atoms with van der Waals surface area (Å²) < 4.78 is 0. The first-order valence-electron chi connectivity index (χ1n) is 5.19. The molecule has 0 aromatic carbocycles. The summed E-state index contributed by atoms with van der Waals surface area (Å²) in [6.45, 7) is 1.31. The number of rotatable bonds is 4. The van der Waals surface area contributed by atoms with Crippen molar-refractivity contribution in [2.45, 2.75) is 6.42 Å². The van der Waals surface area contributed by atoms with Crippen LogP contribution in [-0.4, -0.2) is 33.7 Å². The van der Waals surface area contributed by atoms with Crippen molar-refractivity contribution in [2.24, 2.45) is 11.7 Å². The molecule has 1 saturated heterocycles. The second-order valence-corrected chi connectivity index (χ2v) is 4.06. The molecule has 1 fully saturated rings. The maximum absolute atomic E-state index is 11.2. The van der Waals surface area contributed by atoms with Gasteiger partial charge in [0.2, 0.25) is 5.91 Å². The molecule has 1 heterocycles. The number of carbonyl (C=O) groups is 1. The van der Waals surface area contributed by atoms with Crippen molar-refractivity contribution in [3.63, 3.8) is 0 Å². The lowest BCUT2D eigenvalue weighted by Gasteiger charge is -2.18. The summed E-state index contributed by atoms with van der Waals surface area (Å²) in [5, 5.41) is 21.7. The largest absolute Gasteiger partial charge is 0.369 e. The average molecular weight is 254 g/mol. The van der Waals surface area contributed by atoms with Gasteiger partial charge in [-0.2, -0.15) is 0 Å². The molecule has 2 rings (SSSR count). The number of nitrogens with zero attached hydrogens (tertiary/aromatic N) is 3. The fourth-order valence-electron chi connectivity index (χ4n) is 1.92. The zero-order valence-electron chi connectivity index (χ0n) is 9.24. The molecule has 2 N–H and O–H groups in total. The number of amides is 1. The van der Waals surface area contributed by atoms with Crippen LogP contribution in [0, 0.1) is 26.1 Å². The van der Waals surface area contributed by atoms with E-state index in [9.17, 15) is 25.0 Å².